The van der Waals surface area contributed by atoms with Crippen LogP contribution in [0.25, 0.3) is 0 Å². The average molecular weight is 322 g/mol. The molecule has 5 N–H and O–H groups in total. The number of aliphatic hydroxyl groups is 1. The van der Waals surface area contributed by atoms with Crippen molar-refractivity contribution < 1.29 is 5.11 Å². The normalized spacial score (nSPS) is 17.7. The summed E-state index contributed by atoms with van der Waals surface area (Å²) >= 11 is 0. The number of piperidine rings is 1. The number of anilines is 3. The van der Waals surface area contributed by atoms with Gasteiger partial charge in [0, 0.05) is 25.2 Å². The van der Waals surface area contributed by atoms with Gasteiger partial charge in [0.25, 0.3) is 0 Å². The van der Waals surface area contributed by atoms with Crippen LogP contribution < -0.4 is 16.4 Å². The van der Waals surface area contributed by atoms with Crippen molar-refractivity contribution in [2.45, 2.75) is 25.4 Å². The lowest BCUT2D eigenvalue weighted by atomic mass is 10.0. The summed E-state index contributed by atoms with van der Waals surface area (Å²) < 4.78 is 0. The predicted molar refractivity (Wildman–Crippen MR) is 99.1 cm³/mol. The van der Waals surface area contributed by atoms with E-state index in [1.54, 1.807) is 0 Å². The van der Waals surface area contributed by atoms with Crippen LogP contribution in [-0.2, 0) is 6.42 Å². The fraction of sp³-hybridized carbons (Fsp3) is 0.316. The summed E-state index contributed by atoms with van der Waals surface area (Å²) in [5.74, 6) is 0. The van der Waals surface area contributed by atoms with E-state index in [2.05, 4.69) is 23.1 Å². The van der Waals surface area contributed by atoms with Crippen molar-refractivity contribution in [3.8, 4) is 0 Å². The molecule has 0 bridgehead atoms. The third kappa shape index (κ3) is 2.71. The highest BCUT2D eigenvalue weighted by molar-refractivity contribution is 6.07. The highest BCUT2D eigenvalue weighted by Crippen LogP contribution is 2.33. The summed E-state index contributed by atoms with van der Waals surface area (Å²) in [5.41, 5.74) is 18.5. The number of benzene rings is 2. The molecule has 1 fully saturated rings. The SMILES string of the molecule is Nc1ccc(C2=Nc3ccc(N4CCC(O)CC4)cc3C2)cc1N. The lowest BCUT2D eigenvalue weighted by Gasteiger charge is -2.31. The van der Waals surface area contributed by atoms with Gasteiger partial charge in [-0.1, -0.05) is 6.07 Å². The first-order valence-electron chi connectivity index (χ1n) is 8.39. The molecule has 2 aliphatic rings. The molecule has 0 aliphatic carbocycles. The molecule has 124 valence electrons. The number of fused-ring (bicyclic) bond motifs is 1. The van der Waals surface area contributed by atoms with Crippen LogP contribution in [0.3, 0.4) is 0 Å². The maximum absolute atomic E-state index is 9.67. The first-order chi connectivity index (χ1) is 11.6. The molecule has 5 nitrogen and oxygen atoms in total. The Morgan fingerprint density at radius 3 is 2.54 bits per heavy atom. The number of rotatable bonds is 2. The molecule has 1 saturated heterocycles. The van der Waals surface area contributed by atoms with E-state index in [0.717, 1.165) is 49.3 Å². The molecule has 2 aromatic rings. The minimum Gasteiger partial charge on any atom is -0.397 e. The summed E-state index contributed by atoms with van der Waals surface area (Å²) in [6.45, 7) is 1.81. The van der Waals surface area contributed by atoms with Gasteiger partial charge in [-0.3, -0.25) is 4.99 Å². The number of nitrogens with zero attached hydrogens (tertiary/aromatic N) is 2. The Bertz CT molecular complexity index is 807. The molecule has 0 aromatic heterocycles. The molecule has 4 rings (SSSR count). The number of hydrogen-bond acceptors (Lipinski definition) is 5. The zero-order valence-electron chi connectivity index (χ0n) is 13.6. The summed E-state index contributed by atoms with van der Waals surface area (Å²) in [6, 6.07) is 12.1. The van der Waals surface area contributed by atoms with Crippen molar-refractivity contribution in [1.82, 2.24) is 0 Å². The fourth-order valence-electron chi connectivity index (χ4n) is 3.43. The zero-order valence-corrected chi connectivity index (χ0v) is 13.6. The Hall–Kier alpha value is -2.53. The second kappa shape index (κ2) is 5.83. The molecule has 0 radical (unpaired) electrons. The predicted octanol–water partition coefficient (Wildman–Crippen LogP) is 2.49. The van der Waals surface area contributed by atoms with E-state index < -0.39 is 0 Å². The first kappa shape index (κ1) is 15.0. The van der Waals surface area contributed by atoms with Gasteiger partial charge in [-0.15, -0.1) is 0 Å². The number of aliphatic imine (C=N–C) groups is 1. The van der Waals surface area contributed by atoms with E-state index in [-0.39, 0.29) is 6.10 Å². The van der Waals surface area contributed by atoms with Crippen molar-refractivity contribution >= 4 is 28.5 Å². The van der Waals surface area contributed by atoms with E-state index in [1.165, 1.54) is 11.3 Å². The van der Waals surface area contributed by atoms with Gasteiger partial charge in [0.15, 0.2) is 0 Å². The minimum atomic E-state index is -0.151. The second-order valence-corrected chi connectivity index (χ2v) is 6.61. The molecule has 0 saturated carbocycles. The Morgan fingerprint density at radius 2 is 1.79 bits per heavy atom. The third-order valence-electron chi connectivity index (χ3n) is 4.93. The van der Waals surface area contributed by atoms with Crippen LogP contribution in [0.1, 0.15) is 24.0 Å². The van der Waals surface area contributed by atoms with Crippen LogP contribution >= 0.6 is 0 Å². The molecule has 0 spiro atoms. The average Bonchev–Trinajstić information content (AvgIpc) is 3.01. The van der Waals surface area contributed by atoms with E-state index in [1.807, 2.05) is 18.2 Å². The largest absolute Gasteiger partial charge is 0.397 e. The monoisotopic (exact) mass is 322 g/mol. The van der Waals surface area contributed by atoms with Crippen molar-refractivity contribution in [1.29, 1.82) is 0 Å². The third-order valence-corrected chi connectivity index (χ3v) is 4.93. The van der Waals surface area contributed by atoms with Gasteiger partial charge >= 0.3 is 0 Å². The van der Waals surface area contributed by atoms with Crippen LogP contribution in [0.2, 0.25) is 0 Å². The van der Waals surface area contributed by atoms with Crippen LogP contribution in [0.15, 0.2) is 41.4 Å². The van der Waals surface area contributed by atoms with Gasteiger partial charge in [0.2, 0.25) is 0 Å². The number of aliphatic hydroxyl groups excluding tert-OH is 1. The van der Waals surface area contributed by atoms with Crippen molar-refractivity contribution in [3.05, 3.63) is 47.5 Å². The molecular weight excluding hydrogens is 300 g/mol. The highest BCUT2D eigenvalue weighted by Gasteiger charge is 2.21. The summed E-state index contributed by atoms with van der Waals surface area (Å²) in [4.78, 5) is 7.09. The van der Waals surface area contributed by atoms with Crippen LogP contribution in [0, 0.1) is 0 Å². The van der Waals surface area contributed by atoms with Gasteiger partial charge in [0.1, 0.15) is 0 Å². The fourth-order valence-corrected chi connectivity index (χ4v) is 3.43. The number of nitrogens with two attached hydrogens (primary N) is 2. The zero-order chi connectivity index (χ0) is 16.7. The Kier molecular flexibility index (Phi) is 3.65. The number of nitrogen functional groups attached to an aromatic ring is 2. The van der Waals surface area contributed by atoms with Crippen LogP contribution in [0.5, 0.6) is 0 Å². The lowest BCUT2D eigenvalue weighted by Crippen LogP contribution is -2.35. The van der Waals surface area contributed by atoms with Gasteiger partial charge in [-0.2, -0.15) is 0 Å². The maximum Gasteiger partial charge on any atom is 0.0670 e. The van der Waals surface area contributed by atoms with Crippen molar-refractivity contribution in [2.24, 2.45) is 4.99 Å². The summed E-state index contributed by atoms with van der Waals surface area (Å²) in [6.07, 6.45) is 2.33. The standard InChI is InChI=1S/C19H22N4O/c20-16-3-1-12(10-17(16)21)19-11-13-9-14(2-4-18(13)22-19)23-7-5-15(24)6-8-23/h1-4,9-10,15,24H,5-8,11,20-21H2. The van der Waals surface area contributed by atoms with Gasteiger partial charge in [-0.05, 0) is 54.3 Å². The molecule has 2 heterocycles. The summed E-state index contributed by atoms with van der Waals surface area (Å²) in [7, 11) is 0. The van der Waals surface area contributed by atoms with E-state index >= 15 is 0 Å². The second-order valence-electron chi connectivity index (χ2n) is 6.61. The Morgan fingerprint density at radius 1 is 1.00 bits per heavy atom. The first-order valence-corrected chi connectivity index (χ1v) is 8.39. The minimum absolute atomic E-state index is 0.151. The molecule has 5 heteroatoms. The van der Waals surface area contributed by atoms with Crippen LogP contribution in [-0.4, -0.2) is 30.0 Å². The van der Waals surface area contributed by atoms with Crippen molar-refractivity contribution in [3.63, 3.8) is 0 Å². The van der Waals surface area contributed by atoms with Crippen molar-refractivity contribution in [2.75, 3.05) is 29.5 Å². The van der Waals surface area contributed by atoms with E-state index in [4.69, 9.17) is 16.5 Å². The van der Waals surface area contributed by atoms with E-state index in [0.29, 0.717) is 11.4 Å². The topological polar surface area (TPSA) is 87.9 Å². The van der Waals surface area contributed by atoms with Gasteiger partial charge < -0.3 is 21.5 Å². The van der Waals surface area contributed by atoms with Crippen LogP contribution in [0.4, 0.5) is 22.7 Å². The Labute approximate surface area is 141 Å². The molecule has 0 unspecified atom stereocenters. The molecule has 0 amide bonds. The lowest BCUT2D eigenvalue weighted by molar-refractivity contribution is 0.145. The quantitative estimate of drug-likeness (QED) is 0.741. The highest BCUT2D eigenvalue weighted by atomic mass is 16.3. The smallest absolute Gasteiger partial charge is 0.0670 e. The molecule has 0 atom stereocenters. The Balaban J connectivity index is 1.56. The summed E-state index contributed by atoms with van der Waals surface area (Å²) in [5, 5.41) is 9.67. The molecule has 2 aliphatic heterocycles. The molecule has 24 heavy (non-hydrogen) atoms. The molecular formula is C19H22N4O. The number of hydrogen-bond donors (Lipinski definition) is 3. The molecule has 2 aromatic carbocycles. The maximum atomic E-state index is 9.67. The van der Waals surface area contributed by atoms with Gasteiger partial charge in [-0.25, -0.2) is 0 Å². The van der Waals surface area contributed by atoms with Gasteiger partial charge in [0.05, 0.1) is 28.9 Å². The van der Waals surface area contributed by atoms with E-state index in [9.17, 15) is 5.11 Å².